The van der Waals surface area contributed by atoms with Crippen LogP contribution in [0.5, 0.6) is 5.75 Å². The fraction of sp³-hybridized carbons (Fsp3) is 0. The van der Waals surface area contributed by atoms with Crippen molar-refractivity contribution in [1.82, 2.24) is 9.55 Å². The van der Waals surface area contributed by atoms with Gasteiger partial charge in [0.25, 0.3) is 5.56 Å². The number of fused-ring (bicyclic) bond motifs is 4. The van der Waals surface area contributed by atoms with Gasteiger partial charge in [0.15, 0.2) is 5.82 Å². The van der Waals surface area contributed by atoms with Crippen molar-refractivity contribution >= 4 is 24.5 Å². The Morgan fingerprint density at radius 2 is 1.83 bits per heavy atom. The minimum absolute atomic E-state index is 0.0133. The van der Waals surface area contributed by atoms with Crippen LogP contribution in [-0.2, 0) is 4.57 Å². The van der Waals surface area contributed by atoms with Crippen LogP contribution in [0.1, 0.15) is 16.2 Å². The smallest absolute Gasteiger partial charge is 0.266 e. The number of carbonyl (C=O) groups is 1. The summed E-state index contributed by atoms with van der Waals surface area (Å²) in [7, 11) is -5.24. The van der Waals surface area contributed by atoms with Crippen molar-refractivity contribution in [3.8, 4) is 11.4 Å². The van der Waals surface area contributed by atoms with E-state index in [2.05, 4.69) is 9.51 Å². The molecule has 8 nitrogen and oxygen atoms in total. The van der Waals surface area contributed by atoms with E-state index >= 15 is 0 Å². The normalized spacial score (nSPS) is 13.0. The number of carbonyl (C=O) groups excluding carboxylic acids is 1. The Kier molecular flexibility index (Phi) is 2.98. The average Bonchev–Trinajstić information content (AvgIpc) is 2.80. The number of ketones is 1. The largest absolute Gasteiger partial charge is 0.780 e. The number of phosphoric ester groups is 1. The maximum atomic E-state index is 12.7. The lowest BCUT2D eigenvalue weighted by atomic mass is 10.1. The summed E-state index contributed by atoms with van der Waals surface area (Å²) in [4.78, 5) is 50.7. The molecule has 0 saturated heterocycles. The van der Waals surface area contributed by atoms with Gasteiger partial charge in [-0.2, -0.15) is 0 Å². The van der Waals surface area contributed by atoms with Crippen LogP contribution in [-0.4, -0.2) is 15.3 Å². The van der Waals surface area contributed by atoms with Crippen molar-refractivity contribution in [3.05, 3.63) is 64.2 Å². The molecule has 1 aliphatic heterocycles. The van der Waals surface area contributed by atoms with Gasteiger partial charge in [-0.15, -0.1) is 0 Å². The van der Waals surface area contributed by atoms with Crippen LogP contribution >= 0.6 is 7.82 Å². The predicted molar refractivity (Wildman–Crippen MR) is 79.0 cm³/mol. The van der Waals surface area contributed by atoms with Crippen molar-refractivity contribution in [3.63, 3.8) is 0 Å². The molecule has 0 atom stereocenters. The van der Waals surface area contributed by atoms with Gasteiger partial charge in [-0.25, -0.2) is 4.98 Å². The van der Waals surface area contributed by atoms with E-state index in [9.17, 15) is 23.9 Å². The molecule has 0 spiro atoms. The van der Waals surface area contributed by atoms with Crippen LogP contribution in [0.2, 0.25) is 0 Å². The molecule has 9 heteroatoms. The number of hydrogen-bond donors (Lipinski definition) is 0. The molecular weight excluding hydrogens is 335 g/mol. The SMILES string of the molecule is O=C1c2ccccc2-n2c1nc1ccc(OP(=O)([O-])[O-])cc1c2=O. The van der Waals surface area contributed by atoms with E-state index in [1.54, 1.807) is 24.3 Å². The molecule has 0 fully saturated rings. The van der Waals surface area contributed by atoms with Crippen molar-refractivity contribution in [1.29, 1.82) is 0 Å². The molecule has 0 unspecified atom stereocenters. The van der Waals surface area contributed by atoms with Crippen molar-refractivity contribution in [2.45, 2.75) is 0 Å². The van der Waals surface area contributed by atoms with Crippen molar-refractivity contribution < 1.29 is 23.7 Å². The summed E-state index contributed by atoms with van der Waals surface area (Å²) in [5.41, 5.74) is 0.413. The molecule has 0 aliphatic carbocycles. The number of hydrogen-bond acceptors (Lipinski definition) is 7. The maximum Gasteiger partial charge on any atom is 0.266 e. The minimum atomic E-state index is -5.24. The molecule has 2 heterocycles. The first kappa shape index (κ1) is 14.8. The Bertz CT molecular complexity index is 1130. The van der Waals surface area contributed by atoms with E-state index in [0.29, 0.717) is 11.3 Å². The first-order valence-corrected chi connectivity index (χ1v) is 8.24. The third-order valence-electron chi connectivity index (χ3n) is 3.65. The fourth-order valence-electron chi connectivity index (χ4n) is 2.71. The van der Waals surface area contributed by atoms with Crippen LogP contribution < -0.4 is 19.9 Å². The third-order valence-corrected chi connectivity index (χ3v) is 4.08. The summed E-state index contributed by atoms with van der Waals surface area (Å²) in [6.45, 7) is 0. The van der Waals surface area contributed by atoms with Gasteiger partial charge in [0.1, 0.15) is 13.6 Å². The molecule has 0 N–H and O–H groups in total. The number of rotatable bonds is 2. The van der Waals surface area contributed by atoms with Crippen LogP contribution in [0.25, 0.3) is 16.6 Å². The molecule has 2 aromatic carbocycles. The summed E-state index contributed by atoms with van der Waals surface area (Å²) < 4.78 is 16.2. The Balaban J connectivity index is 2.01. The molecule has 4 rings (SSSR count). The van der Waals surface area contributed by atoms with Gasteiger partial charge < -0.3 is 18.9 Å². The summed E-state index contributed by atoms with van der Waals surface area (Å²) >= 11 is 0. The molecule has 0 radical (unpaired) electrons. The molecule has 120 valence electrons. The van der Waals surface area contributed by atoms with E-state index in [0.717, 1.165) is 10.6 Å². The number of phosphoric acid groups is 1. The van der Waals surface area contributed by atoms with E-state index in [1.165, 1.54) is 12.1 Å². The zero-order valence-corrected chi connectivity index (χ0v) is 12.7. The second-order valence-electron chi connectivity index (χ2n) is 5.14. The highest BCUT2D eigenvalue weighted by atomic mass is 31.2. The molecule has 0 bridgehead atoms. The van der Waals surface area contributed by atoms with Crippen LogP contribution in [0, 0.1) is 0 Å². The number of para-hydroxylation sites is 1. The number of aromatic nitrogens is 2. The van der Waals surface area contributed by atoms with Crippen LogP contribution in [0.3, 0.4) is 0 Å². The standard InChI is InChI=1S/C15H9N2O6P/c18-13-9-3-1-2-4-12(9)17-14(13)16-11-6-5-8(23-24(20,21)22)7-10(11)15(17)19/h1-7H,(H2,20,21,22)/p-2. The molecule has 0 saturated carbocycles. The lowest BCUT2D eigenvalue weighted by Crippen LogP contribution is -2.22. The second kappa shape index (κ2) is 4.85. The number of nitrogens with zero attached hydrogens (tertiary/aromatic N) is 2. The van der Waals surface area contributed by atoms with Crippen molar-refractivity contribution in [2.24, 2.45) is 0 Å². The Hall–Kier alpha value is -2.80. The summed E-state index contributed by atoms with van der Waals surface area (Å²) in [5, 5.41) is 0.0363. The van der Waals surface area contributed by atoms with E-state index in [-0.39, 0.29) is 28.3 Å². The topological polar surface area (TPSA) is 124 Å². The van der Waals surface area contributed by atoms with Gasteiger partial charge in [0.05, 0.1) is 22.2 Å². The van der Waals surface area contributed by atoms with Gasteiger partial charge in [0, 0.05) is 0 Å². The third kappa shape index (κ3) is 2.16. The van der Waals surface area contributed by atoms with Crippen LogP contribution in [0.4, 0.5) is 0 Å². The summed E-state index contributed by atoms with van der Waals surface area (Å²) in [6.07, 6.45) is 0. The minimum Gasteiger partial charge on any atom is -0.780 e. The first-order valence-electron chi connectivity index (χ1n) is 6.78. The highest BCUT2D eigenvalue weighted by Gasteiger charge is 2.29. The Labute approximate surface area is 134 Å². The highest BCUT2D eigenvalue weighted by Crippen LogP contribution is 2.31. The zero-order valence-electron chi connectivity index (χ0n) is 11.8. The first-order chi connectivity index (χ1) is 11.3. The highest BCUT2D eigenvalue weighted by molar-refractivity contribution is 7.43. The Morgan fingerprint density at radius 3 is 2.58 bits per heavy atom. The lowest BCUT2D eigenvalue weighted by molar-refractivity contribution is -0.333. The molecule has 0 amide bonds. The van der Waals surface area contributed by atoms with E-state index in [1.807, 2.05) is 0 Å². The van der Waals surface area contributed by atoms with Gasteiger partial charge in [0.2, 0.25) is 5.78 Å². The average molecular weight is 342 g/mol. The molecule has 1 aliphatic rings. The predicted octanol–water partition coefficient (Wildman–Crippen LogP) is 0.138. The molecule has 24 heavy (non-hydrogen) atoms. The van der Waals surface area contributed by atoms with Gasteiger partial charge in [-0.05, 0) is 30.3 Å². The quantitative estimate of drug-likeness (QED) is 0.474. The lowest BCUT2D eigenvalue weighted by Gasteiger charge is -2.29. The summed E-state index contributed by atoms with van der Waals surface area (Å²) in [6, 6.07) is 10.2. The van der Waals surface area contributed by atoms with Gasteiger partial charge >= 0.3 is 0 Å². The van der Waals surface area contributed by atoms with Crippen LogP contribution in [0.15, 0.2) is 47.3 Å². The van der Waals surface area contributed by atoms with E-state index < -0.39 is 13.4 Å². The van der Waals surface area contributed by atoms with Gasteiger partial charge in [-0.3, -0.25) is 14.2 Å². The molecule has 3 aromatic rings. The van der Waals surface area contributed by atoms with E-state index in [4.69, 9.17) is 0 Å². The zero-order chi connectivity index (χ0) is 17.1. The number of benzene rings is 2. The van der Waals surface area contributed by atoms with Gasteiger partial charge in [-0.1, -0.05) is 12.1 Å². The summed E-state index contributed by atoms with van der Waals surface area (Å²) in [5.74, 6) is -0.665. The molecule has 1 aromatic heterocycles. The fourth-order valence-corrected chi connectivity index (χ4v) is 3.08. The Morgan fingerprint density at radius 1 is 1.08 bits per heavy atom. The monoisotopic (exact) mass is 342 g/mol. The molecular formula is C15H7N2O6P-2. The maximum absolute atomic E-state index is 12.7. The second-order valence-corrected chi connectivity index (χ2v) is 6.22. The van der Waals surface area contributed by atoms with Crippen molar-refractivity contribution in [2.75, 3.05) is 0 Å².